The van der Waals surface area contributed by atoms with Gasteiger partial charge < -0.3 is 5.32 Å². The molecular formula is C20H25FN4O3S. The zero-order valence-corrected chi connectivity index (χ0v) is 17.1. The summed E-state index contributed by atoms with van der Waals surface area (Å²) in [5.74, 6) is -0.980. The molecule has 0 spiro atoms. The van der Waals surface area contributed by atoms with Crippen LogP contribution < -0.4 is 10.0 Å². The summed E-state index contributed by atoms with van der Waals surface area (Å²) in [5, 5.41) is 2.32. The van der Waals surface area contributed by atoms with E-state index in [9.17, 15) is 17.6 Å². The predicted octanol–water partition coefficient (Wildman–Crippen LogP) is 2.37. The molecule has 1 aromatic carbocycles. The summed E-state index contributed by atoms with van der Waals surface area (Å²) in [5.41, 5.74) is 0.980. The normalized spacial score (nSPS) is 15.9. The molecule has 9 heteroatoms. The van der Waals surface area contributed by atoms with E-state index in [-0.39, 0.29) is 16.5 Å². The van der Waals surface area contributed by atoms with E-state index in [0.29, 0.717) is 6.54 Å². The fourth-order valence-electron chi connectivity index (χ4n) is 3.33. The number of aromatic nitrogens is 1. The van der Waals surface area contributed by atoms with E-state index in [1.165, 1.54) is 19.1 Å². The molecule has 0 atom stereocenters. The molecule has 156 valence electrons. The molecule has 0 bridgehead atoms. The van der Waals surface area contributed by atoms with Crippen LogP contribution in [0.2, 0.25) is 0 Å². The first-order valence-electron chi connectivity index (χ1n) is 9.52. The number of halogens is 1. The number of rotatable bonds is 7. The van der Waals surface area contributed by atoms with E-state index in [0.717, 1.165) is 44.2 Å². The highest BCUT2D eigenvalue weighted by Crippen LogP contribution is 2.21. The Kier molecular flexibility index (Phi) is 6.94. The minimum atomic E-state index is -3.82. The van der Waals surface area contributed by atoms with Gasteiger partial charge in [-0.1, -0.05) is 6.07 Å². The van der Waals surface area contributed by atoms with Crippen molar-refractivity contribution in [2.45, 2.75) is 31.2 Å². The van der Waals surface area contributed by atoms with E-state index >= 15 is 0 Å². The molecule has 7 nitrogen and oxygen atoms in total. The predicted molar refractivity (Wildman–Crippen MR) is 108 cm³/mol. The number of benzene rings is 1. The molecule has 0 radical (unpaired) electrons. The smallest absolute Gasteiger partial charge is 0.240 e. The standard InChI is InChI=1S/C20H25FN4O3S/c1-15(26)24-20-6-5-18(12-19(20)21)29(27,28)23-13-16-7-10-25(11-8-16)14-17-4-2-3-9-22-17/h2-6,9,12,16,23H,7-8,10-11,13-14H2,1H3,(H,24,26). The molecule has 0 saturated carbocycles. The summed E-state index contributed by atoms with van der Waals surface area (Å²) in [7, 11) is -3.82. The second-order valence-electron chi connectivity index (χ2n) is 7.22. The lowest BCUT2D eigenvalue weighted by atomic mass is 9.97. The molecule has 2 aromatic rings. The first-order valence-corrected chi connectivity index (χ1v) is 11.0. The number of anilines is 1. The fourth-order valence-corrected chi connectivity index (χ4v) is 4.46. The maximum absolute atomic E-state index is 14.0. The zero-order valence-electron chi connectivity index (χ0n) is 16.3. The van der Waals surface area contributed by atoms with Gasteiger partial charge in [-0.2, -0.15) is 0 Å². The van der Waals surface area contributed by atoms with Gasteiger partial charge in [0.05, 0.1) is 16.3 Å². The minimum absolute atomic E-state index is 0.0447. The molecule has 1 aliphatic heterocycles. The fraction of sp³-hybridized carbons (Fsp3) is 0.400. The lowest BCUT2D eigenvalue weighted by Crippen LogP contribution is -2.38. The van der Waals surface area contributed by atoms with Crippen molar-refractivity contribution in [3.63, 3.8) is 0 Å². The molecule has 1 fully saturated rings. The number of pyridine rings is 1. The number of amides is 1. The number of carbonyl (C=O) groups excluding carboxylic acids is 1. The Labute approximate surface area is 170 Å². The van der Waals surface area contributed by atoms with E-state index < -0.39 is 21.7 Å². The van der Waals surface area contributed by atoms with Crippen LogP contribution in [0.25, 0.3) is 0 Å². The quantitative estimate of drug-likeness (QED) is 0.718. The van der Waals surface area contributed by atoms with Gasteiger partial charge in [-0.3, -0.25) is 14.7 Å². The summed E-state index contributed by atoms with van der Waals surface area (Å²) < 4.78 is 41.6. The number of likely N-dealkylation sites (tertiary alicyclic amines) is 1. The van der Waals surface area contributed by atoms with E-state index in [1.54, 1.807) is 6.20 Å². The van der Waals surface area contributed by atoms with Crippen LogP contribution in [-0.2, 0) is 21.4 Å². The summed E-state index contributed by atoms with van der Waals surface area (Å²) in [4.78, 5) is 17.5. The molecule has 1 aliphatic rings. The lowest BCUT2D eigenvalue weighted by Gasteiger charge is -2.31. The van der Waals surface area contributed by atoms with Crippen LogP contribution in [0.5, 0.6) is 0 Å². The van der Waals surface area contributed by atoms with Crippen LogP contribution >= 0.6 is 0 Å². The summed E-state index contributed by atoms with van der Waals surface area (Å²) in [6.07, 6.45) is 3.54. The molecule has 0 aliphatic carbocycles. The maximum Gasteiger partial charge on any atom is 0.240 e. The average Bonchev–Trinajstić information content (AvgIpc) is 2.69. The topological polar surface area (TPSA) is 91.4 Å². The lowest BCUT2D eigenvalue weighted by molar-refractivity contribution is -0.114. The Balaban J connectivity index is 1.51. The van der Waals surface area contributed by atoms with Gasteiger partial charge in [0.2, 0.25) is 15.9 Å². The Bertz CT molecular complexity index is 945. The Hall–Kier alpha value is -2.36. The van der Waals surface area contributed by atoms with Crippen molar-refractivity contribution in [3.05, 3.63) is 54.1 Å². The third-order valence-electron chi connectivity index (χ3n) is 4.94. The SMILES string of the molecule is CC(=O)Nc1ccc(S(=O)(=O)NCC2CCN(Cc3ccccn3)CC2)cc1F. The molecular weight excluding hydrogens is 395 g/mol. The zero-order chi connectivity index (χ0) is 20.9. The summed E-state index contributed by atoms with van der Waals surface area (Å²) in [6, 6.07) is 9.31. The average molecular weight is 421 g/mol. The Morgan fingerprint density at radius 3 is 2.62 bits per heavy atom. The van der Waals surface area contributed by atoms with Crippen molar-refractivity contribution >= 4 is 21.6 Å². The minimum Gasteiger partial charge on any atom is -0.324 e. The van der Waals surface area contributed by atoms with Crippen molar-refractivity contribution in [2.75, 3.05) is 25.0 Å². The first kappa shape index (κ1) is 21.4. The Morgan fingerprint density at radius 1 is 1.24 bits per heavy atom. The Morgan fingerprint density at radius 2 is 2.00 bits per heavy atom. The van der Waals surface area contributed by atoms with Gasteiger partial charge in [0.25, 0.3) is 0 Å². The monoisotopic (exact) mass is 420 g/mol. The van der Waals surface area contributed by atoms with Crippen molar-refractivity contribution < 1.29 is 17.6 Å². The molecule has 2 N–H and O–H groups in total. The van der Waals surface area contributed by atoms with E-state index in [2.05, 4.69) is 19.9 Å². The van der Waals surface area contributed by atoms with Crippen LogP contribution in [0.15, 0.2) is 47.5 Å². The van der Waals surface area contributed by atoms with Crippen LogP contribution in [-0.4, -0.2) is 43.8 Å². The van der Waals surface area contributed by atoms with Gasteiger partial charge in [-0.25, -0.2) is 17.5 Å². The second-order valence-corrected chi connectivity index (χ2v) is 8.98. The molecule has 1 saturated heterocycles. The molecule has 2 heterocycles. The molecule has 1 aromatic heterocycles. The maximum atomic E-state index is 14.0. The number of piperidine rings is 1. The van der Waals surface area contributed by atoms with Gasteiger partial charge in [0.1, 0.15) is 5.82 Å². The highest BCUT2D eigenvalue weighted by Gasteiger charge is 2.23. The number of hydrogen-bond donors (Lipinski definition) is 2. The molecule has 29 heavy (non-hydrogen) atoms. The highest BCUT2D eigenvalue weighted by molar-refractivity contribution is 7.89. The van der Waals surface area contributed by atoms with Gasteiger partial charge in [-0.15, -0.1) is 0 Å². The first-order chi connectivity index (χ1) is 13.8. The van der Waals surface area contributed by atoms with Crippen molar-refractivity contribution in [2.24, 2.45) is 5.92 Å². The van der Waals surface area contributed by atoms with Crippen molar-refractivity contribution in [3.8, 4) is 0 Å². The van der Waals surface area contributed by atoms with E-state index in [4.69, 9.17) is 0 Å². The van der Waals surface area contributed by atoms with Gasteiger partial charge >= 0.3 is 0 Å². The van der Waals surface area contributed by atoms with Gasteiger partial charge in [0.15, 0.2) is 0 Å². The van der Waals surface area contributed by atoms with Crippen LogP contribution in [0.3, 0.4) is 0 Å². The number of sulfonamides is 1. The van der Waals surface area contributed by atoms with Crippen LogP contribution in [0.1, 0.15) is 25.5 Å². The molecule has 3 rings (SSSR count). The highest BCUT2D eigenvalue weighted by atomic mass is 32.2. The van der Waals surface area contributed by atoms with Crippen molar-refractivity contribution in [1.82, 2.24) is 14.6 Å². The van der Waals surface area contributed by atoms with Gasteiger partial charge in [0, 0.05) is 26.2 Å². The summed E-state index contributed by atoms with van der Waals surface area (Å²) >= 11 is 0. The largest absolute Gasteiger partial charge is 0.324 e. The van der Waals surface area contributed by atoms with Gasteiger partial charge in [-0.05, 0) is 62.2 Å². The number of carbonyl (C=O) groups is 1. The van der Waals surface area contributed by atoms with Crippen LogP contribution in [0.4, 0.5) is 10.1 Å². The van der Waals surface area contributed by atoms with Crippen molar-refractivity contribution in [1.29, 1.82) is 0 Å². The number of nitrogens with zero attached hydrogens (tertiary/aromatic N) is 2. The number of nitrogens with one attached hydrogen (secondary N) is 2. The van der Waals surface area contributed by atoms with E-state index in [1.807, 2.05) is 18.2 Å². The third kappa shape index (κ3) is 6.06. The third-order valence-corrected chi connectivity index (χ3v) is 6.36. The molecule has 0 unspecified atom stereocenters. The summed E-state index contributed by atoms with van der Waals surface area (Å²) in [6.45, 7) is 4.12. The molecule has 1 amide bonds. The number of hydrogen-bond acceptors (Lipinski definition) is 5. The van der Waals surface area contributed by atoms with Crippen LogP contribution in [0, 0.1) is 11.7 Å². The second kappa shape index (κ2) is 9.43.